The molecule has 1 saturated carbocycles. The number of carbonyl (C=O) groups is 1. The van der Waals surface area contributed by atoms with Gasteiger partial charge in [0.1, 0.15) is 5.75 Å². The second-order valence-electron chi connectivity index (χ2n) is 9.73. The summed E-state index contributed by atoms with van der Waals surface area (Å²) in [6, 6.07) is 6.08. The molecule has 1 aromatic carbocycles. The maximum atomic E-state index is 12.0. The quantitative estimate of drug-likeness (QED) is 0.625. The lowest BCUT2D eigenvalue weighted by molar-refractivity contribution is -0.127. The first-order valence-corrected chi connectivity index (χ1v) is 11.9. The molecule has 4 rings (SSSR count). The van der Waals surface area contributed by atoms with E-state index in [0.29, 0.717) is 6.42 Å². The monoisotopic (exact) mass is 436 g/mol. The molecule has 6 nitrogen and oxygen atoms in total. The first-order valence-electron chi connectivity index (χ1n) is 11.9. The Kier molecular flexibility index (Phi) is 6.97. The molecule has 6 heteroatoms. The number of hydrogen-bond donors (Lipinski definition) is 0. The molecule has 0 unspecified atom stereocenters. The second-order valence-corrected chi connectivity index (χ2v) is 9.73. The molecule has 1 saturated heterocycles. The Bertz CT molecular complexity index is 920. The number of ether oxygens (including phenoxy) is 1. The largest absolute Gasteiger partial charge is 0.494 e. The van der Waals surface area contributed by atoms with Crippen molar-refractivity contribution in [3.63, 3.8) is 0 Å². The summed E-state index contributed by atoms with van der Waals surface area (Å²) in [4.78, 5) is 24.9. The van der Waals surface area contributed by atoms with Crippen molar-refractivity contribution in [1.82, 2.24) is 14.9 Å². The molecule has 1 amide bonds. The number of piperidine rings is 1. The van der Waals surface area contributed by atoms with E-state index in [2.05, 4.69) is 27.9 Å². The summed E-state index contributed by atoms with van der Waals surface area (Å²) in [5.74, 6) is 4.41. The van der Waals surface area contributed by atoms with Gasteiger partial charge in [0.15, 0.2) is 0 Å². The Morgan fingerprint density at radius 2 is 1.88 bits per heavy atom. The van der Waals surface area contributed by atoms with Crippen molar-refractivity contribution in [3.05, 3.63) is 47.3 Å². The highest BCUT2D eigenvalue weighted by Gasteiger charge is 2.43. The number of hydrogen-bond acceptors (Lipinski definition) is 5. The van der Waals surface area contributed by atoms with Gasteiger partial charge in [0.05, 0.1) is 13.0 Å². The Morgan fingerprint density at radius 3 is 2.53 bits per heavy atom. The van der Waals surface area contributed by atoms with Gasteiger partial charge in [-0.05, 0) is 86.1 Å². The number of carbonyl (C=O) groups excluding carboxylic acids is 1. The van der Waals surface area contributed by atoms with Gasteiger partial charge in [-0.25, -0.2) is 9.97 Å². The molecule has 32 heavy (non-hydrogen) atoms. The fraction of sp³-hybridized carbons (Fsp3) is 0.577. The van der Waals surface area contributed by atoms with Crippen LogP contribution < -0.4 is 9.64 Å². The van der Waals surface area contributed by atoms with Gasteiger partial charge < -0.3 is 14.5 Å². The van der Waals surface area contributed by atoms with Crippen LogP contribution in [0, 0.1) is 31.6 Å². The molecule has 0 spiro atoms. The highest BCUT2D eigenvalue weighted by Crippen LogP contribution is 2.49. The topological polar surface area (TPSA) is 58.6 Å². The van der Waals surface area contributed by atoms with E-state index in [9.17, 15) is 4.79 Å². The average molecular weight is 437 g/mol. The molecule has 1 aliphatic carbocycles. The summed E-state index contributed by atoms with van der Waals surface area (Å²) in [5, 5.41) is 0. The van der Waals surface area contributed by atoms with Gasteiger partial charge in [0.2, 0.25) is 11.9 Å². The van der Waals surface area contributed by atoms with E-state index in [0.717, 1.165) is 72.3 Å². The molecule has 1 aromatic heterocycles. The molecule has 172 valence electrons. The van der Waals surface area contributed by atoms with E-state index in [1.54, 1.807) is 19.0 Å². The molecule has 2 aromatic rings. The zero-order chi connectivity index (χ0) is 22.7. The van der Waals surface area contributed by atoms with Crippen molar-refractivity contribution in [2.75, 3.05) is 38.7 Å². The van der Waals surface area contributed by atoms with Gasteiger partial charge in [-0.3, -0.25) is 4.79 Å². The molecule has 2 aliphatic rings. The molecule has 2 atom stereocenters. The Morgan fingerprint density at radius 1 is 1.16 bits per heavy atom. The number of nitrogens with zero attached hydrogens (tertiary/aromatic N) is 4. The molecule has 2 heterocycles. The molecule has 0 radical (unpaired) electrons. The van der Waals surface area contributed by atoms with Crippen LogP contribution in [0.4, 0.5) is 5.95 Å². The highest BCUT2D eigenvalue weighted by atomic mass is 16.5. The molecular formula is C26H36N4O2. The lowest BCUT2D eigenvalue weighted by atomic mass is 9.90. The van der Waals surface area contributed by atoms with Crippen molar-refractivity contribution >= 4 is 11.9 Å². The van der Waals surface area contributed by atoms with Crippen LogP contribution in [0.1, 0.15) is 42.4 Å². The summed E-state index contributed by atoms with van der Waals surface area (Å²) >= 11 is 0. The van der Waals surface area contributed by atoms with Crippen LogP contribution in [-0.2, 0) is 11.2 Å². The van der Waals surface area contributed by atoms with Crippen LogP contribution in [-0.4, -0.2) is 54.6 Å². The van der Waals surface area contributed by atoms with Crippen LogP contribution in [0.3, 0.4) is 0 Å². The maximum Gasteiger partial charge on any atom is 0.226 e. The third-order valence-corrected chi connectivity index (χ3v) is 7.08. The summed E-state index contributed by atoms with van der Waals surface area (Å²) in [6.07, 6.45) is 9.22. The third kappa shape index (κ3) is 5.59. The predicted molar refractivity (Wildman–Crippen MR) is 127 cm³/mol. The number of anilines is 1. The van der Waals surface area contributed by atoms with Crippen molar-refractivity contribution in [3.8, 4) is 5.75 Å². The minimum Gasteiger partial charge on any atom is -0.494 e. The fourth-order valence-electron chi connectivity index (χ4n) is 4.86. The molecule has 2 fully saturated rings. The van der Waals surface area contributed by atoms with Crippen molar-refractivity contribution in [2.24, 2.45) is 17.8 Å². The minimum absolute atomic E-state index is 0.124. The molecular weight excluding hydrogens is 400 g/mol. The van der Waals surface area contributed by atoms with Gasteiger partial charge in [0, 0.05) is 39.6 Å². The number of aryl methyl sites for hydroxylation is 2. The van der Waals surface area contributed by atoms with E-state index in [-0.39, 0.29) is 5.91 Å². The Hall–Kier alpha value is -2.63. The summed E-state index contributed by atoms with van der Waals surface area (Å²) in [7, 11) is 3.59. The number of benzene rings is 1. The summed E-state index contributed by atoms with van der Waals surface area (Å²) < 4.78 is 6.05. The van der Waals surface area contributed by atoms with E-state index < -0.39 is 0 Å². The van der Waals surface area contributed by atoms with E-state index in [4.69, 9.17) is 4.74 Å². The zero-order valence-corrected chi connectivity index (χ0v) is 19.9. The maximum absolute atomic E-state index is 12.0. The van der Waals surface area contributed by atoms with Gasteiger partial charge >= 0.3 is 0 Å². The SMILES string of the molecule is Cc1cnc(N2CCC([C@H]3C[C@H]3CCOc3ccc(CC(=O)N(C)C)c(C)c3)CC2)nc1. The minimum atomic E-state index is 0.124. The number of rotatable bonds is 8. The number of amides is 1. The first kappa shape index (κ1) is 22.6. The van der Waals surface area contributed by atoms with Crippen LogP contribution in [0.15, 0.2) is 30.6 Å². The Labute approximate surface area is 192 Å². The van der Waals surface area contributed by atoms with Crippen molar-refractivity contribution in [1.29, 1.82) is 0 Å². The molecule has 0 bridgehead atoms. The Balaban J connectivity index is 1.17. The van der Waals surface area contributed by atoms with Crippen LogP contribution >= 0.6 is 0 Å². The van der Waals surface area contributed by atoms with Crippen molar-refractivity contribution in [2.45, 2.75) is 46.0 Å². The normalized spacial score (nSPS) is 20.8. The predicted octanol–water partition coefficient (Wildman–Crippen LogP) is 4.05. The second kappa shape index (κ2) is 9.88. The fourth-order valence-corrected chi connectivity index (χ4v) is 4.86. The van der Waals surface area contributed by atoms with Crippen LogP contribution in [0.5, 0.6) is 5.75 Å². The first-order chi connectivity index (χ1) is 15.4. The van der Waals surface area contributed by atoms with Gasteiger partial charge in [-0.1, -0.05) is 6.07 Å². The van der Waals surface area contributed by atoms with Crippen LogP contribution in [0.25, 0.3) is 0 Å². The zero-order valence-electron chi connectivity index (χ0n) is 19.9. The van der Waals surface area contributed by atoms with E-state index in [1.807, 2.05) is 31.5 Å². The van der Waals surface area contributed by atoms with Gasteiger partial charge in [0.25, 0.3) is 0 Å². The van der Waals surface area contributed by atoms with Crippen LogP contribution in [0.2, 0.25) is 0 Å². The summed E-state index contributed by atoms with van der Waals surface area (Å²) in [6.45, 7) is 6.98. The van der Waals surface area contributed by atoms with E-state index >= 15 is 0 Å². The smallest absolute Gasteiger partial charge is 0.226 e. The van der Waals surface area contributed by atoms with Gasteiger partial charge in [-0.2, -0.15) is 0 Å². The molecule has 0 N–H and O–H groups in total. The van der Waals surface area contributed by atoms with Gasteiger partial charge in [-0.15, -0.1) is 0 Å². The number of likely N-dealkylation sites (N-methyl/N-ethyl adjacent to an activating group) is 1. The highest BCUT2D eigenvalue weighted by molar-refractivity contribution is 5.78. The lowest BCUT2D eigenvalue weighted by Gasteiger charge is -2.32. The lowest BCUT2D eigenvalue weighted by Crippen LogP contribution is -2.35. The standard InChI is InChI=1S/C26H36N4O2/c1-18-16-27-26(28-17-18)30-10-7-20(8-11-30)24-14-22(24)9-12-32-23-6-5-21(19(2)13-23)15-25(31)29(3)4/h5-6,13,16-17,20,22,24H,7-12,14-15H2,1-4H3/t22-,24-/m1/s1. The summed E-state index contributed by atoms with van der Waals surface area (Å²) in [5.41, 5.74) is 3.30. The molecule has 1 aliphatic heterocycles. The number of aromatic nitrogens is 2. The van der Waals surface area contributed by atoms with Crippen molar-refractivity contribution < 1.29 is 9.53 Å². The third-order valence-electron chi connectivity index (χ3n) is 7.08. The average Bonchev–Trinajstić information content (AvgIpc) is 3.55. The van der Waals surface area contributed by atoms with E-state index in [1.165, 1.54) is 19.3 Å².